The van der Waals surface area contributed by atoms with Gasteiger partial charge in [0.1, 0.15) is 0 Å². The molecule has 3 aromatic rings. The number of carbonyl (C=O) groups is 1. The minimum absolute atomic E-state index is 0.00984. The number of carbonyl (C=O) groups excluding carboxylic acids is 1. The van der Waals surface area contributed by atoms with Crippen LogP contribution in [0.1, 0.15) is 34.6 Å². The lowest BCUT2D eigenvalue weighted by Gasteiger charge is -2.16. The van der Waals surface area contributed by atoms with Gasteiger partial charge in [-0.2, -0.15) is 0 Å². The molecule has 1 aliphatic heterocycles. The van der Waals surface area contributed by atoms with Crippen LogP contribution in [0.15, 0.2) is 73.1 Å². The number of aromatic nitrogens is 1. The third-order valence-electron chi connectivity index (χ3n) is 5.18. The first-order valence-electron chi connectivity index (χ1n) is 9.54. The summed E-state index contributed by atoms with van der Waals surface area (Å²) < 4.78 is 0. The molecule has 0 radical (unpaired) electrons. The molecular weight excluding hydrogens is 360 g/mol. The fourth-order valence-corrected chi connectivity index (χ4v) is 3.64. The van der Waals surface area contributed by atoms with Crippen LogP contribution in [0.25, 0.3) is 6.08 Å². The van der Waals surface area contributed by atoms with Gasteiger partial charge in [-0.3, -0.25) is 9.78 Å². The molecule has 0 spiro atoms. The van der Waals surface area contributed by atoms with Gasteiger partial charge in [0, 0.05) is 35.8 Å². The Morgan fingerprint density at radius 2 is 1.90 bits per heavy atom. The van der Waals surface area contributed by atoms with E-state index in [1.165, 1.54) is 0 Å². The van der Waals surface area contributed by atoms with E-state index >= 15 is 0 Å². The van der Waals surface area contributed by atoms with Gasteiger partial charge in [0.25, 0.3) is 0 Å². The van der Waals surface area contributed by atoms with E-state index in [1.807, 2.05) is 60.7 Å². The van der Waals surface area contributed by atoms with Crippen molar-refractivity contribution in [3.8, 4) is 0 Å². The molecule has 2 heterocycles. The molecule has 0 bridgehead atoms. The molecule has 0 saturated carbocycles. The Balaban J connectivity index is 1.56. The first-order valence-corrected chi connectivity index (χ1v) is 9.54. The second-order valence-corrected chi connectivity index (χ2v) is 7.18. The van der Waals surface area contributed by atoms with E-state index in [0.717, 1.165) is 28.8 Å². The molecule has 5 nitrogen and oxygen atoms in total. The molecular formula is C24H22N4O. The number of nitrogens with two attached hydrogens (primary N) is 1. The summed E-state index contributed by atoms with van der Waals surface area (Å²) in [4.78, 5) is 16.3. The van der Waals surface area contributed by atoms with Crippen LogP contribution in [-0.4, -0.2) is 16.6 Å². The number of allylic oxidation sites excluding steroid dienone is 1. The molecule has 1 atom stereocenters. The number of amides is 1. The highest BCUT2D eigenvalue weighted by molar-refractivity contribution is 6.11. The average molecular weight is 382 g/mol. The van der Waals surface area contributed by atoms with Gasteiger partial charge in [0.15, 0.2) is 0 Å². The van der Waals surface area contributed by atoms with E-state index < -0.39 is 0 Å². The quantitative estimate of drug-likeness (QED) is 0.461. The van der Waals surface area contributed by atoms with E-state index in [-0.39, 0.29) is 11.8 Å². The smallest absolute Gasteiger partial charge is 0.225 e. The monoisotopic (exact) mass is 382 g/mol. The lowest BCUT2D eigenvalue weighted by atomic mass is 9.88. The minimum atomic E-state index is 0.00984. The summed E-state index contributed by atoms with van der Waals surface area (Å²) in [5, 5.41) is 11.3. The predicted molar refractivity (Wildman–Crippen MR) is 117 cm³/mol. The molecule has 0 saturated heterocycles. The lowest BCUT2D eigenvalue weighted by molar-refractivity contribution is -0.116. The number of rotatable bonds is 4. The molecule has 4 rings (SSSR count). The van der Waals surface area contributed by atoms with E-state index in [9.17, 15) is 4.79 Å². The molecule has 0 aliphatic carbocycles. The van der Waals surface area contributed by atoms with Gasteiger partial charge in [0.2, 0.25) is 5.91 Å². The summed E-state index contributed by atoms with van der Waals surface area (Å²) in [5.74, 6) is 0.0622. The number of hydrogen-bond acceptors (Lipinski definition) is 4. The zero-order valence-electron chi connectivity index (χ0n) is 15.9. The summed E-state index contributed by atoms with van der Waals surface area (Å²) >= 11 is 0. The van der Waals surface area contributed by atoms with Gasteiger partial charge < -0.3 is 16.5 Å². The number of nitrogens with one attached hydrogen (secondary N) is 2. The first kappa shape index (κ1) is 18.6. The third-order valence-corrected chi connectivity index (χ3v) is 5.18. The van der Waals surface area contributed by atoms with E-state index in [2.05, 4.69) is 10.3 Å². The molecule has 4 N–H and O–H groups in total. The Morgan fingerprint density at radius 3 is 2.69 bits per heavy atom. The van der Waals surface area contributed by atoms with E-state index in [0.29, 0.717) is 23.4 Å². The number of hydrogen-bond donors (Lipinski definition) is 3. The molecule has 5 heteroatoms. The second kappa shape index (κ2) is 8.10. The van der Waals surface area contributed by atoms with Crippen LogP contribution in [0.4, 0.5) is 11.4 Å². The van der Waals surface area contributed by atoms with Crippen molar-refractivity contribution in [1.82, 2.24) is 4.98 Å². The van der Waals surface area contributed by atoms with Crippen molar-refractivity contribution in [3.05, 3.63) is 95.3 Å². The van der Waals surface area contributed by atoms with Crippen molar-refractivity contribution < 1.29 is 4.79 Å². The van der Waals surface area contributed by atoms with Crippen LogP contribution in [-0.2, 0) is 11.2 Å². The standard InChI is InChI=1S/C24H22N4O/c25-21(8-5-16-9-11-27-12-10-16)20-7-6-17(14-22(20)26)19-13-18-3-1-2-4-23(18)28-24(29)15-19/h1-12,14,19,25H,13,15,26H2,(H,28,29). The third kappa shape index (κ3) is 4.24. The maximum atomic E-state index is 12.3. The molecule has 1 amide bonds. The van der Waals surface area contributed by atoms with Crippen LogP contribution >= 0.6 is 0 Å². The number of nitrogens with zero attached hydrogens (tertiary/aromatic N) is 1. The van der Waals surface area contributed by atoms with Crippen molar-refractivity contribution in [2.24, 2.45) is 0 Å². The molecule has 144 valence electrons. The maximum Gasteiger partial charge on any atom is 0.225 e. The zero-order chi connectivity index (χ0) is 20.2. The number of para-hydroxylation sites is 1. The summed E-state index contributed by atoms with van der Waals surface area (Å²) in [6, 6.07) is 17.4. The van der Waals surface area contributed by atoms with E-state index in [4.69, 9.17) is 11.1 Å². The Kier molecular flexibility index (Phi) is 5.20. The normalized spacial score (nSPS) is 16.1. The van der Waals surface area contributed by atoms with Crippen LogP contribution in [0.2, 0.25) is 0 Å². The fraction of sp³-hybridized carbons (Fsp3) is 0.125. The van der Waals surface area contributed by atoms with Crippen molar-refractivity contribution >= 4 is 29.1 Å². The maximum absolute atomic E-state index is 12.3. The zero-order valence-corrected chi connectivity index (χ0v) is 15.9. The van der Waals surface area contributed by atoms with Gasteiger partial charge in [-0.15, -0.1) is 0 Å². The molecule has 1 aliphatic rings. The van der Waals surface area contributed by atoms with Crippen molar-refractivity contribution in [2.75, 3.05) is 11.1 Å². The summed E-state index contributed by atoms with van der Waals surface area (Å²) in [7, 11) is 0. The second-order valence-electron chi connectivity index (χ2n) is 7.18. The Labute approximate surface area is 169 Å². The summed E-state index contributed by atoms with van der Waals surface area (Å²) in [5.41, 5.74) is 11.8. The molecule has 2 aromatic carbocycles. The fourth-order valence-electron chi connectivity index (χ4n) is 3.64. The van der Waals surface area contributed by atoms with Crippen molar-refractivity contribution in [2.45, 2.75) is 18.8 Å². The van der Waals surface area contributed by atoms with Crippen LogP contribution in [0, 0.1) is 5.41 Å². The largest absolute Gasteiger partial charge is 0.398 e. The molecule has 0 fully saturated rings. The molecule has 29 heavy (non-hydrogen) atoms. The Hall–Kier alpha value is -3.73. The van der Waals surface area contributed by atoms with Crippen molar-refractivity contribution in [3.63, 3.8) is 0 Å². The molecule has 1 aromatic heterocycles. The number of fused-ring (bicyclic) bond motifs is 1. The Bertz CT molecular complexity index is 1090. The number of benzene rings is 2. The molecule has 1 unspecified atom stereocenters. The topological polar surface area (TPSA) is 91.9 Å². The SMILES string of the molecule is N=C(C=Cc1ccncc1)c1ccc(C2CC(=O)Nc3ccccc3C2)cc1N. The van der Waals surface area contributed by atoms with Crippen molar-refractivity contribution in [1.29, 1.82) is 5.41 Å². The highest BCUT2D eigenvalue weighted by Gasteiger charge is 2.23. The summed E-state index contributed by atoms with van der Waals surface area (Å²) in [6.45, 7) is 0. The van der Waals surface area contributed by atoms with Gasteiger partial charge >= 0.3 is 0 Å². The van der Waals surface area contributed by atoms with Gasteiger partial charge in [0.05, 0.1) is 5.71 Å². The number of nitrogen functional groups attached to an aromatic ring is 1. The minimum Gasteiger partial charge on any atom is -0.398 e. The van der Waals surface area contributed by atoms with Crippen LogP contribution in [0.3, 0.4) is 0 Å². The predicted octanol–water partition coefficient (Wildman–Crippen LogP) is 4.41. The van der Waals surface area contributed by atoms with Gasteiger partial charge in [-0.25, -0.2) is 0 Å². The highest BCUT2D eigenvalue weighted by atomic mass is 16.1. The highest BCUT2D eigenvalue weighted by Crippen LogP contribution is 2.33. The lowest BCUT2D eigenvalue weighted by Crippen LogP contribution is -2.13. The van der Waals surface area contributed by atoms with Gasteiger partial charge in [-0.05, 0) is 59.4 Å². The summed E-state index contributed by atoms with van der Waals surface area (Å²) in [6.07, 6.45) is 8.21. The number of anilines is 2. The number of pyridine rings is 1. The first-order chi connectivity index (χ1) is 14.1. The van der Waals surface area contributed by atoms with Gasteiger partial charge in [-0.1, -0.05) is 36.4 Å². The van der Waals surface area contributed by atoms with E-state index in [1.54, 1.807) is 18.5 Å². The van der Waals surface area contributed by atoms with Crippen LogP contribution < -0.4 is 11.1 Å². The average Bonchev–Trinajstić information content (AvgIpc) is 2.90. The van der Waals surface area contributed by atoms with Crippen LogP contribution in [0.5, 0.6) is 0 Å². The Morgan fingerprint density at radius 1 is 1.10 bits per heavy atom.